The van der Waals surface area contributed by atoms with Crippen LogP contribution < -0.4 is 4.90 Å². The van der Waals surface area contributed by atoms with Gasteiger partial charge in [-0.25, -0.2) is 9.97 Å². The van der Waals surface area contributed by atoms with Gasteiger partial charge in [0.05, 0.1) is 23.1 Å². The molecule has 0 radical (unpaired) electrons. The van der Waals surface area contributed by atoms with Crippen LogP contribution >= 0.6 is 0 Å². The molecule has 0 aromatic carbocycles. The highest BCUT2D eigenvalue weighted by Gasteiger charge is 2.46. The first-order valence-electron chi connectivity index (χ1n) is 9.66. The number of nitrogens with one attached hydrogen (secondary N) is 1. The number of piperidine rings is 1. The highest BCUT2D eigenvalue weighted by Crippen LogP contribution is 2.43. The Morgan fingerprint density at radius 2 is 2.12 bits per heavy atom. The maximum absolute atomic E-state index is 9.39. The first-order valence-corrected chi connectivity index (χ1v) is 9.66. The van der Waals surface area contributed by atoms with Crippen molar-refractivity contribution in [1.82, 2.24) is 19.9 Å². The van der Waals surface area contributed by atoms with Gasteiger partial charge in [0, 0.05) is 37.9 Å². The van der Waals surface area contributed by atoms with E-state index in [1.165, 1.54) is 24.2 Å². The summed E-state index contributed by atoms with van der Waals surface area (Å²) in [7, 11) is 0. The molecule has 0 amide bonds. The van der Waals surface area contributed by atoms with Crippen molar-refractivity contribution < 1.29 is 0 Å². The fourth-order valence-corrected chi connectivity index (χ4v) is 4.58. The normalized spacial score (nSPS) is 19.3. The molecule has 1 N–H and O–H groups in total. The smallest absolute Gasteiger partial charge is 0.146 e. The summed E-state index contributed by atoms with van der Waals surface area (Å²) in [4.78, 5) is 17.5. The number of aromatic nitrogens is 3. The summed E-state index contributed by atoms with van der Waals surface area (Å²) in [6.45, 7) is 6.29. The number of fused-ring (bicyclic) bond motifs is 2. The van der Waals surface area contributed by atoms with Gasteiger partial charge in [-0.3, -0.25) is 4.90 Å². The van der Waals surface area contributed by atoms with Gasteiger partial charge in [-0.05, 0) is 37.9 Å². The number of rotatable bonds is 4. The van der Waals surface area contributed by atoms with E-state index in [4.69, 9.17) is 4.98 Å². The summed E-state index contributed by atoms with van der Waals surface area (Å²) in [5, 5.41) is 9.39. The third-order valence-electron chi connectivity index (χ3n) is 5.97. The number of unbranched alkanes of at least 4 members (excludes halogenated alkanes) is 1. The third-order valence-corrected chi connectivity index (χ3v) is 5.97. The topological polar surface area (TPSA) is 71.8 Å². The second-order valence-electron chi connectivity index (χ2n) is 7.33. The van der Waals surface area contributed by atoms with Crippen LogP contribution in [0.1, 0.15) is 49.6 Å². The molecule has 0 bridgehead atoms. The van der Waals surface area contributed by atoms with Crippen molar-refractivity contribution >= 4 is 5.82 Å². The summed E-state index contributed by atoms with van der Waals surface area (Å²) in [5.74, 6) is 0.822. The third kappa shape index (κ3) is 2.77. The first kappa shape index (κ1) is 17.0. The van der Waals surface area contributed by atoms with E-state index < -0.39 is 0 Å². The summed E-state index contributed by atoms with van der Waals surface area (Å²) in [6, 6.07) is 5.96. The minimum atomic E-state index is 0.0286. The van der Waals surface area contributed by atoms with Gasteiger partial charge in [0.2, 0.25) is 0 Å². The molecule has 136 valence electrons. The molecule has 1 fully saturated rings. The van der Waals surface area contributed by atoms with Gasteiger partial charge >= 0.3 is 0 Å². The second-order valence-corrected chi connectivity index (χ2v) is 7.33. The van der Waals surface area contributed by atoms with E-state index >= 15 is 0 Å². The van der Waals surface area contributed by atoms with Crippen molar-refractivity contribution in [3.8, 4) is 6.07 Å². The fourth-order valence-electron chi connectivity index (χ4n) is 4.58. The number of aromatic amines is 1. The van der Waals surface area contributed by atoms with E-state index in [-0.39, 0.29) is 5.54 Å². The minimum absolute atomic E-state index is 0.0286. The van der Waals surface area contributed by atoms with Crippen LogP contribution in [0.15, 0.2) is 24.7 Å². The van der Waals surface area contributed by atoms with E-state index in [1.807, 2.05) is 18.5 Å². The Balaban J connectivity index is 1.60. The lowest BCUT2D eigenvalue weighted by atomic mass is 9.78. The molecule has 6 nitrogen and oxygen atoms in total. The van der Waals surface area contributed by atoms with Crippen molar-refractivity contribution in [2.75, 3.05) is 31.1 Å². The van der Waals surface area contributed by atoms with Crippen molar-refractivity contribution in [2.45, 2.75) is 44.6 Å². The number of hydrogen-bond donors (Lipinski definition) is 1. The van der Waals surface area contributed by atoms with Crippen LogP contribution in [-0.4, -0.2) is 46.0 Å². The van der Waals surface area contributed by atoms with E-state index in [9.17, 15) is 5.26 Å². The molecule has 6 heteroatoms. The average molecular weight is 350 g/mol. The maximum atomic E-state index is 9.39. The Hall–Kier alpha value is -2.39. The summed E-state index contributed by atoms with van der Waals surface area (Å²) < 4.78 is 0. The molecule has 0 atom stereocenters. The second kappa shape index (κ2) is 7.08. The number of nitriles is 1. The number of imidazole rings is 1. The van der Waals surface area contributed by atoms with Crippen LogP contribution in [-0.2, 0) is 12.0 Å². The number of pyridine rings is 1. The van der Waals surface area contributed by atoms with Gasteiger partial charge in [-0.15, -0.1) is 0 Å². The minimum Gasteiger partial charge on any atom is -0.355 e. The van der Waals surface area contributed by atoms with Crippen molar-refractivity contribution in [3.05, 3.63) is 41.6 Å². The number of H-pyrrole nitrogens is 1. The van der Waals surface area contributed by atoms with Gasteiger partial charge in [-0.1, -0.05) is 13.3 Å². The number of hydrogen-bond acceptors (Lipinski definition) is 5. The molecule has 2 aliphatic rings. The molecule has 0 saturated carbocycles. The van der Waals surface area contributed by atoms with Gasteiger partial charge in [0.1, 0.15) is 11.9 Å². The summed E-state index contributed by atoms with van der Waals surface area (Å²) >= 11 is 0. The predicted octanol–water partition coefficient (Wildman–Crippen LogP) is 2.83. The van der Waals surface area contributed by atoms with E-state index in [0.717, 1.165) is 51.3 Å². The Kier molecular flexibility index (Phi) is 4.64. The zero-order chi connectivity index (χ0) is 18.0. The quantitative estimate of drug-likeness (QED) is 0.918. The van der Waals surface area contributed by atoms with Gasteiger partial charge in [0.25, 0.3) is 0 Å². The van der Waals surface area contributed by atoms with Crippen LogP contribution in [0.5, 0.6) is 0 Å². The molecule has 0 aliphatic carbocycles. The molecule has 2 aromatic rings. The molecule has 1 saturated heterocycles. The molecule has 2 aromatic heterocycles. The average Bonchev–Trinajstić information content (AvgIpc) is 3.18. The standard InChI is InChI=1S/C20H26N6/c1-2-3-10-26-11-6-17-18(24-15-23-17)20(26)7-12-25(13-8-20)19-16(14-21)5-4-9-22-19/h4-5,9,15H,2-3,6-8,10-13H2,1H3,(H,23,24). The fraction of sp³-hybridized carbons (Fsp3) is 0.550. The molecule has 0 unspecified atom stereocenters. The molecule has 1 spiro atoms. The lowest BCUT2D eigenvalue weighted by Crippen LogP contribution is -2.56. The van der Waals surface area contributed by atoms with Crippen LogP contribution in [0.4, 0.5) is 5.82 Å². The SMILES string of the molecule is CCCCN1CCc2[nH]cnc2C12CCN(c1ncccc1C#N)CC2. The lowest BCUT2D eigenvalue weighted by Gasteiger charge is -2.51. The Bertz CT molecular complexity index is 797. The van der Waals surface area contributed by atoms with E-state index in [0.29, 0.717) is 5.56 Å². The van der Waals surface area contributed by atoms with Crippen LogP contribution in [0, 0.1) is 11.3 Å². The molecule has 4 rings (SSSR count). The Morgan fingerprint density at radius 3 is 2.88 bits per heavy atom. The molecular weight excluding hydrogens is 324 g/mol. The molecular formula is C20H26N6. The van der Waals surface area contributed by atoms with Gasteiger partial charge in [-0.2, -0.15) is 5.26 Å². The zero-order valence-corrected chi connectivity index (χ0v) is 15.4. The number of nitrogens with zero attached hydrogens (tertiary/aromatic N) is 5. The maximum Gasteiger partial charge on any atom is 0.146 e. The largest absolute Gasteiger partial charge is 0.355 e. The lowest BCUT2D eigenvalue weighted by molar-refractivity contribution is 0.0431. The Morgan fingerprint density at radius 1 is 1.27 bits per heavy atom. The van der Waals surface area contributed by atoms with Crippen LogP contribution in [0.3, 0.4) is 0 Å². The number of anilines is 1. The zero-order valence-electron chi connectivity index (χ0n) is 15.4. The first-order chi connectivity index (χ1) is 12.8. The summed E-state index contributed by atoms with van der Waals surface area (Å²) in [6.07, 6.45) is 9.18. The van der Waals surface area contributed by atoms with E-state index in [2.05, 4.69) is 32.8 Å². The predicted molar refractivity (Wildman–Crippen MR) is 101 cm³/mol. The van der Waals surface area contributed by atoms with Gasteiger partial charge < -0.3 is 9.88 Å². The van der Waals surface area contributed by atoms with Crippen molar-refractivity contribution in [3.63, 3.8) is 0 Å². The van der Waals surface area contributed by atoms with Crippen molar-refractivity contribution in [2.24, 2.45) is 0 Å². The molecule has 2 aliphatic heterocycles. The molecule has 26 heavy (non-hydrogen) atoms. The van der Waals surface area contributed by atoms with Crippen molar-refractivity contribution in [1.29, 1.82) is 5.26 Å². The van der Waals surface area contributed by atoms with E-state index in [1.54, 1.807) is 6.20 Å². The Labute approximate surface area is 154 Å². The van der Waals surface area contributed by atoms with Crippen LogP contribution in [0.25, 0.3) is 0 Å². The van der Waals surface area contributed by atoms with Crippen LogP contribution in [0.2, 0.25) is 0 Å². The highest BCUT2D eigenvalue weighted by atomic mass is 15.3. The highest BCUT2D eigenvalue weighted by molar-refractivity contribution is 5.54. The monoisotopic (exact) mass is 350 g/mol. The van der Waals surface area contributed by atoms with Gasteiger partial charge in [0.15, 0.2) is 0 Å². The molecule has 4 heterocycles. The summed E-state index contributed by atoms with van der Waals surface area (Å²) in [5.41, 5.74) is 3.25.